The van der Waals surface area contributed by atoms with Gasteiger partial charge in [0.1, 0.15) is 0 Å². The van der Waals surface area contributed by atoms with Crippen LogP contribution in [0.3, 0.4) is 0 Å². The van der Waals surface area contributed by atoms with Crippen molar-refractivity contribution in [3.8, 4) is 0 Å². The van der Waals surface area contributed by atoms with Gasteiger partial charge in [-0.2, -0.15) is 0 Å². The van der Waals surface area contributed by atoms with E-state index in [0.29, 0.717) is 0 Å². The molecule has 1 amide bonds. The fourth-order valence-corrected chi connectivity index (χ4v) is 5.40. The maximum Gasteiger partial charge on any atom is 0.254 e. The number of thiazole rings is 1. The van der Waals surface area contributed by atoms with E-state index in [1.165, 1.54) is 16.8 Å². The molecule has 7 heteroatoms. The lowest BCUT2D eigenvalue weighted by Crippen LogP contribution is -2.49. The average molecular weight is 437 g/mol. The second-order valence-corrected chi connectivity index (χ2v) is 9.29. The van der Waals surface area contributed by atoms with Crippen molar-refractivity contribution in [2.24, 2.45) is 0 Å². The molecular weight excluding hydrogens is 408 g/mol. The van der Waals surface area contributed by atoms with E-state index in [1.807, 2.05) is 23.1 Å². The van der Waals surface area contributed by atoms with Gasteiger partial charge in [-0.3, -0.25) is 4.79 Å². The predicted octanol–water partition coefficient (Wildman–Crippen LogP) is 3.71. The van der Waals surface area contributed by atoms with Crippen LogP contribution in [0.5, 0.6) is 0 Å². The number of aromatic nitrogens is 1. The van der Waals surface area contributed by atoms with Crippen LogP contribution in [-0.4, -0.2) is 68.3 Å². The highest BCUT2D eigenvalue weighted by Crippen LogP contribution is 2.30. The maximum atomic E-state index is 13.2. The van der Waals surface area contributed by atoms with Gasteiger partial charge in [0.2, 0.25) is 0 Å². The standard InChI is InChI=1S/C24H28N4O2S/c1-17-4-3-5-21(18(17)2)26-8-10-27(11-9-26)23(29)19-6-7-20-22(16-19)31-24(25-20)28-12-14-30-15-13-28/h3-7,16H,8-15H2,1-2H3. The first-order chi connectivity index (χ1) is 15.1. The van der Waals surface area contributed by atoms with Crippen LogP contribution < -0.4 is 9.80 Å². The van der Waals surface area contributed by atoms with Gasteiger partial charge in [0, 0.05) is 50.5 Å². The van der Waals surface area contributed by atoms with E-state index >= 15 is 0 Å². The van der Waals surface area contributed by atoms with Gasteiger partial charge in [-0.15, -0.1) is 0 Å². The first-order valence-electron chi connectivity index (χ1n) is 10.9. The summed E-state index contributed by atoms with van der Waals surface area (Å²) in [6, 6.07) is 12.4. The Kier molecular flexibility index (Phi) is 5.54. The summed E-state index contributed by atoms with van der Waals surface area (Å²) >= 11 is 1.66. The van der Waals surface area contributed by atoms with Crippen LogP contribution in [0.15, 0.2) is 36.4 Å². The average Bonchev–Trinajstić information content (AvgIpc) is 3.25. The summed E-state index contributed by atoms with van der Waals surface area (Å²) in [7, 11) is 0. The highest BCUT2D eigenvalue weighted by molar-refractivity contribution is 7.22. The fraction of sp³-hybridized carbons (Fsp3) is 0.417. The Labute approximate surface area is 187 Å². The van der Waals surface area contributed by atoms with Crippen LogP contribution >= 0.6 is 11.3 Å². The van der Waals surface area contributed by atoms with E-state index < -0.39 is 0 Å². The SMILES string of the molecule is Cc1cccc(N2CCN(C(=O)c3ccc4nc(N5CCOCC5)sc4c3)CC2)c1C. The number of ether oxygens (including phenoxy) is 1. The van der Waals surface area contributed by atoms with Crippen molar-refractivity contribution in [3.63, 3.8) is 0 Å². The third-order valence-electron chi connectivity index (χ3n) is 6.39. The zero-order valence-corrected chi connectivity index (χ0v) is 19.0. The molecule has 0 bridgehead atoms. The highest BCUT2D eigenvalue weighted by Gasteiger charge is 2.24. The van der Waals surface area contributed by atoms with Crippen molar-refractivity contribution in [3.05, 3.63) is 53.1 Å². The Bertz CT molecular complexity index is 1100. The minimum absolute atomic E-state index is 0.115. The number of amides is 1. The Balaban J connectivity index is 1.28. The molecular formula is C24H28N4O2S. The molecule has 3 aromatic rings. The summed E-state index contributed by atoms with van der Waals surface area (Å²) in [6.07, 6.45) is 0. The lowest BCUT2D eigenvalue weighted by atomic mass is 10.1. The first-order valence-corrected chi connectivity index (χ1v) is 11.8. The van der Waals surface area contributed by atoms with E-state index in [4.69, 9.17) is 9.72 Å². The van der Waals surface area contributed by atoms with E-state index in [9.17, 15) is 4.79 Å². The predicted molar refractivity (Wildman–Crippen MR) is 127 cm³/mol. The topological polar surface area (TPSA) is 48.9 Å². The molecule has 0 atom stereocenters. The van der Waals surface area contributed by atoms with Gasteiger partial charge < -0.3 is 19.4 Å². The normalized spacial score (nSPS) is 17.4. The highest BCUT2D eigenvalue weighted by atomic mass is 32.1. The molecule has 3 heterocycles. The largest absolute Gasteiger partial charge is 0.378 e. The van der Waals surface area contributed by atoms with E-state index in [2.05, 4.69) is 41.8 Å². The van der Waals surface area contributed by atoms with E-state index in [1.54, 1.807) is 11.3 Å². The van der Waals surface area contributed by atoms with Crippen LogP contribution in [0.1, 0.15) is 21.5 Å². The molecule has 2 aliphatic heterocycles. The smallest absolute Gasteiger partial charge is 0.254 e. The lowest BCUT2D eigenvalue weighted by molar-refractivity contribution is 0.0747. The quantitative estimate of drug-likeness (QED) is 0.626. The molecule has 0 aliphatic carbocycles. The zero-order valence-electron chi connectivity index (χ0n) is 18.1. The van der Waals surface area contributed by atoms with Crippen LogP contribution in [-0.2, 0) is 4.74 Å². The van der Waals surface area contributed by atoms with Crippen molar-refractivity contribution in [1.82, 2.24) is 9.88 Å². The Morgan fingerprint density at radius 1 is 0.968 bits per heavy atom. The summed E-state index contributed by atoms with van der Waals surface area (Å²) in [5.41, 5.74) is 5.64. The van der Waals surface area contributed by atoms with Crippen LogP contribution in [0.25, 0.3) is 10.2 Å². The number of aryl methyl sites for hydroxylation is 1. The van der Waals surface area contributed by atoms with Crippen molar-refractivity contribution in [1.29, 1.82) is 0 Å². The minimum atomic E-state index is 0.115. The number of rotatable bonds is 3. The van der Waals surface area contributed by atoms with Crippen LogP contribution in [0, 0.1) is 13.8 Å². The second-order valence-electron chi connectivity index (χ2n) is 8.28. The number of fused-ring (bicyclic) bond motifs is 1. The number of morpholine rings is 1. The Morgan fingerprint density at radius 3 is 2.52 bits per heavy atom. The molecule has 162 valence electrons. The number of carbonyl (C=O) groups excluding carboxylic acids is 1. The molecule has 0 unspecified atom stereocenters. The molecule has 5 rings (SSSR count). The van der Waals surface area contributed by atoms with Crippen molar-refractivity contribution < 1.29 is 9.53 Å². The van der Waals surface area contributed by atoms with Crippen molar-refractivity contribution in [2.75, 3.05) is 62.3 Å². The second kappa shape index (κ2) is 8.48. The molecule has 6 nitrogen and oxygen atoms in total. The van der Waals surface area contributed by atoms with E-state index in [0.717, 1.165) is 73.4 Å². The number of benzene rings is 2. The third-order valence-corrected chi connectivity index (χ3v) is 7.47. The number of hydrogen-bond donors (Lipinski definition) is 0. The van der Waals surface area contributed by atoms with Gasteiger partial charge >= 0.3 is 0 Å². The Hall–Kier alpha value is -2.64. The molecule has 1 aromatic heterocycles. The summed E-state index contributed by atoms with van der Waals surface area (Å²) in [5, 5.41) is 1.02. The van der Waals surface area contributed by atoms with Gasteiger partial charge in [-0.05, 0) is 49.2 Å². The molecule has 0 saturated carbocycles. The van der Waals surface area contributed by atoms with Crippen molar-refractivity contribution >= 4 is 38.3 Å². The summed E-state index contributed by atoms with van der Waals surface area (Å²) < 4.78 is 6.51. The molecule has 2 saturated heterocycles. The van der Waals surface area contributed by atoms with Gasteiger partial charge in [0.25, 0.3) is 5.91 Å². The van der Waals surface area contributed by atoms with E-state index in [-0.39, 0.29) is 5.91 Å². The number of hydrogen-bond acceptors (Lipinski definition) is 6. The van der Waals surface area contributed by atoms with Gasteiger partial charge in [0.05, 0.1) is 23.4 Å². The minimum Gasteiger partial charge on any atom is -0.378 e. The van der Waals surface area contributed by atoms with Crippen LogP contribution in [0.4, 0.5) is 10.8 Å². The molecule has 0 radical (unpaired) electrons. The third kappa shape index (κ3) is 4.00. The lowest BCUT2D eigenvalue weighted by Gasteiger charge is -2.37. The summed E-state index contributed by atoms with van der Waals surface area (Å²) in [5.74, 6) is 0.115. The first kappa shape index (κ1) is 20.3. The van der Waals surface area contributed by atoms with Crippen LogP contribution in [0.2, 0.25) is 0 Å². The zero-order chi connectivity index (χ0) is 21.4. The molecule has 0 N–H and O–H groups in total. The molecule has 2 aliphatic rings. The summed E-state index contributed by atoms with van der Waals surface area (Å²) in [4.78, 5) is 24.6. The van der Waals surface area contributed by atoms with Gasteiger partial charge in [-0.25, -0.2) is 4.98 Å². The molecule has 0 spiro atoms. The molecule has 2 fully saturated rings. The fourth-order valence-electron chi connectivity index (χ4n) is 4.35. The monoisotopic (exact) mass is 436 g/mol. The number of anilines is 2. The van der Waals surface area contributed by atoms with Gasteiger partial charge in [0.15, 0.2) is 5.13 Å². The number of carbonyl (C=O) groups is 1. The number of nitrogens with zero attached hydrogens (tertiary/aromatic N) is 4. The van der Waals surface area contributed by atoms with Crippen molar-refractivity contribution in [2.45, 2.75) is 13.8 Å². The molecule has 2 aromatic carbocycles. The number of piperazine rings is 1. The maximum absolute atomic E-state index is 13.2. The summed E-state index contributed by atoms with van der Waals surface area (Å²) in [6.45, 7) is 10.8. The Morgan fingerprint density at radius 2 is 1.74 bits per heavy atom. The van der Waals surface area contributed by atoms with Gasteiger partial charge in [-0.1, -0.05) is 23.5 Å². The molecule has 31 heavy (non-hydrogen) atoms.